The molecule has 1 fully saturated rings. The van der Waals surface area contributed by atoms with E-state index in [0.717, 1.165) is 30.0 Å². The van der Waals surface area contributed by atoms with Crippen LogP contribution in [0.15, 0.2) is 41.5 Å². The first-order valence-electron chi connectivity index (χ1n) is 6.90. The van der Waals surface area contributed by atoms with Crippen LogP contribution < -0.4 is 5.56 Å². The number of hydrogen-bond acceptors (Lipinski definition) is 3. The van der Waals surface area contributed by atoms with Crippen LogP contribution in [0.1, 0.15) is 30.3 Å². The lowest BCUT2D eigenvalue weighted by atomic mass is 10.3. The zero-order chi connectivity index (χ0) is 14.4. The zero-order valence-corrected chi connectivity index (χ0v) is 12.0. The third kappa shape index (κ3) is 2.34. The maximum Gasteiger partial charge on any atom is 0.255 e. The Hall–Kier alpha value is -2.14. The average Bonchev–Trinajstić information content (AvgIpc) is 3.21. The fourth-order valence-electron chi connectivity index (χ4n) is 2.53. The molecule has 3 aromatic rings. The Morgan fingerprint density at radius 1 is 1.29 bits per heavy atom. The number of hydrogen-bond donors (Lipinski definition) is 0. The van der Waals surface area contributed by atoms with Crippen molar-refractivity contribution in [3.05, 3.63) is 63.7 Å². The molecule has 3 heterocycles. The summed E-state index contributed by atoms with van der Waals surface area (Å²) in [4.78, 5) is 21.1. The Labute approximate surface area is 125 Å². The van der Waals surface area contributed by atoms with E-state index in [-0.39, 0.29) is 10.7 Å². The van der Waals surface area contributed by atoms with Gasteiger partial charge < -0.3 is 4.40 Å². The van der Waals surface area contributed by atoms with Crippen LogP contribution in [-0.2, 0) is 6.54 Å². The number of pyridine rings is 1. The van der Waals surface area contributed by atoms with Gasteiger partial charge in [-0.3, -0.25) is 9.36 Å². The molecule has 0 unspecified atom stereocenters. The number of halogens is 1. The normalized spacial score (nSPS) is 14.7. The Kier molecular flexibility index (Phi) is 2.82. The predicted octanol–water partition coefficient (Wildman–Crippen LogP) is 2.47. The largest absolute Gasteiger partial charge is 0.307 e. The van der Waals surface area contributed by atoms with Crippen LogP contribution in [0.4, 0.5) is 0 Å². The number of imidazole rings is 1. The third-order valence-electron chi connectivity index (χ3n) is 3.68. The lowest BCUT2D eigenvalue weighted by Crippen LogP contribution is -2.24. The van der Waals surface area contributed by atoms with Gasteiger partial charge in [0.2, 0.25) is 0 Å². The van der Waals surface area contributed by atoms with Crippen molar-refractivity contribution >= 4 is 17.2 Å². The summed E-state index contributed by atoms with van der Waals surface area (Å²) in [6.45, 7) is 0.427. The standard InChI is InChI=1S/C15H13ClN4O/c16-12-7-14(21)20(15(18-12)10-4-5-10)9-11-8-19-6-2-1-3-13(19)17-11/h1-3,6-8,10H,4-5,9H2. The van der Waals surface area contributed by atoms with Gasteiger partial charge in [-0.15, -0.1) is 0 Å². The highest BCUT2D eigenvalue weighted by Crippen LogP contribution is 2.38. The van der Waals surface area contributed by atoms with Gasteiger partial charge in [0.05, 0.1) is 12.2 Å². The Bertz CT molecular complexity index is 846. The van der Waals surface area contributed by atoms with E-state index in [4.69, 9.17) is 11.6 Å². The Morgan fingerprint density at radius 3 is 2.90 bits per heavy atom. The third-order valence-corrected chi connectivity index (χ3v) is 3.88. The van der Waals surface area contributed by atoms with Crippen LogP contribution in [0, 0.1) is 0 Å². The molecular weight excluding hydrogens is 288 g/mol. The van der Waals surface area contributed by atoms with Gasteiger partial charge in [0.15, 0.2) is 0 Å². The maximum atomic E-state index is 12.2. The van der Waals surface area contributed by atoms with Crippen LogP contribution in [-0.4, -0.2) is 18.9 Å². The van der Waals surface area contributed by atoms with Crippen LogP contribution >= 0.6 is 11.6 Å². The second kappa shape index (κ2) is 4.70. The number of aromatic nitrogens is 4. The van der Waals surface area contributed by atoms with E-state index < -0.39 is 0 Å². The molecule has 1 aliphatic rings. The molecule has 3 aromatic heterocycles. The van der Waals surface area contributed by atoms with Crippen molar-refractivity contribution in [1.29, 1.82) is 0 Å². The molecule has 1 saturated carbocycles. The van der Waals surface area contributed by atoms with Gasteiger partial charge in [-0.2, -0.15) is 0 Å². The van der Waals surface area contributed by atoms with E-state index in [9.17, 15) is 4.79 Å². The molecule has 0 aliphatic heterocycles. The highest BCUT2D eigenvalue weighted by molar-refractivity contribution is 6.29. The highest BCUT2D eigenvalue weighted by atomic mass is 35.5. The first-order chi connectivity index (χ1) is 10.2. The number of nitrogens with zero attached hydrogens (tertiary/aromatic N) is 4. The summed E-state index contributed by atoms with van der Waals surface area (Å²) in [7, 11) is 0. The lowest BCUT2D eigenvalue weighted by Gasteiger charge is -2.09. The van der Waals surface area contributed by atoms with Crippen LogP contribution in [0.5, 0.6) is 0 Å². The molecule has 0 aromatic carbocycles. The topological polar surface area (TPSA) is 52.2 Å². The molecule has 0 atom stereocenters. The second-order valence-corrected chi connectivity index (χ2v) is 5.72. The monoisotopic (exact) mass is 300 g/mol. The van der Waals surface area contributed by atoms with Gasteiger partial charge in [0.25, 0.3) is 5.56 Å². The molecule has 1 aliphatic carbocycles. The molecule has 106 valence electrons. The SMILES string of the molecule is O=c1cc(Cl)nc(C2CC2)n1Cc1cn2ccccc2n1. The number of rotatable bonds is 3. The summed E-state index contributed by atoms with van der Waals surface area (Å²) in [5.41, 5.74) is 1.60. The van der Waals surface area contributed by atoms with Crippen LogP contribution in [0.3, 0.4) is 0 Å². The molecule has 21 heavy (non-hydrogen) atoms. The van der Waals surface area contributed by atoms with Crippen LogP contribution in [0.2, 0.25) is 5.15 Å². The van der Waals surface area contributed by atoms with Crippen LogP contribution in [0.25, 0.3) is 5.65 Å². The van der Waals surface area contributed by atoms with Crippen molar-refractivity contribution in [2.24, 2.45) is 0 Å². The minimum atomic E-state index is -0.117. The summed E-state index contributed by atoms with van der Waals surface area (Å²) in [6, 6.07) is 7.19. The Balaban J connectivity index is 1.78. The van der Waals surface area contributed by atoms with Crippen molar-refractivity contribution < 1.29 is 0 Å². The fourth-order valence-corrected chi connectivity index (χ4v) is 2.71. The van der Waals surface area contributed by atoms with Crippen molar-refractivity contribution in [2.75, 3.05) is 0 Å². The van der Waals surface area contributed by atoms with E-state index in [1.165, 1.54) is 6.07 Å². The number of fused-ring (bicyclic) bond motifs is 1. The molecule has 0 spiro atoms. The molecule has 0 bridgehead atoms. The average molecular weight is 301 g/mol. The van der Waals surface area contributed by atoms with Gasteiger partial charge in [0, 0.05) is 24.4 Å². The first kappa shape index (κ1) is 12.6. The maximum absolute atomic E-state index is 12.2. The minimum absolute atomic E-state index is 0.117. The van der Waals surface area contributed by atoms with Crippen molar-refractivity contribution in [1.82, 2.24) is 18.9 Å². The first-order valence-corrected chi connectivity index (χ1v) is 7.28. The molecule has 0 saturated heterocycles. The molecule has 5 nitrogen and oxygen atoms in total. The van der Waals surface area contributed by atoms with Gasteiger partial charge >= 0.3 is 0 Å². The van der Waals surface area contributed by atoms with Crippen molar-refractivity contribution in [3.63, 3.8) is 0 Å². The summed E-state index contributed by atoms with van der Waals surface area (Å²) in [5, 5.41) is 0.271. The molecular formula is C15H13ClN4O. The van der Waals surface area contributed by atoms with Gasteiger partial charge in [0.1, 0.15) is 16.6 Å². The summed E-state index contributed by atoms with van der Waals surface area (Å²) in [5.74, 6) is 1.14. The summed E-state index contributed by atoms with van der Waals surface area (Å²) < 4.78 is 3.63. The fraction of sp³-hybridized carbons (Fsp3) is 0.267. The lowest BCUT2D eigenvalue weighted by molar-refractivity contribution is 0.661. The zero-order valence-electron chi connectivity index (χ0n) is 11.2. The Morgan fingerprint density at radius 2 is 2.14 bits per heavy atom. The van der Waals surface area contributed by atoms with Crippen molar-refractivity contribution in [2.45, 2.75) is 25.3 Å². The van der Waals surface area contributed by atoms with E-state index in [2.05, 4.69) is 9.97 Å². The summed E-state index contributed by atoms with van der Waals surface area (Å²) in [6.07, 6.45) is 6.01. The summed E-state index contributed by atoms with van der Waals surface area (Å²) >= 11 is 5.92. The minimum Gasteiger partial charge on any atom is -0.307 e. The molecule has 0 N–H and O–H groups in total. The molecule has 4 rings (SSSR count). The van der Waals surface area contributed by atoms with E-state index in [0.29, 0.717) is 12.5 Å². The quantitative estimate of drug-likeness (QED) is 0.698. The smallest absolute Gasteiger partial charge is 0.255 e. The van der Waals surface area contributed by atoms with E-state index >= 15 is 0 Å². The van der Waals surface area contributed by atoms with Gasteiger partial charge in [-0.05, 0) is 25.0 Å². The second-order valence-electron chi connectivity index (χ2n) is 5.33. The van der Waals surface area contributed by atoms with E-state index in [1.807, 2.05) is 35.0 Å². The molecule has 6 heteroatoms. The molecule has 0 radical (unpaired) electrons. The van der Waals surface area contributed by atoms with E-state index in [1.54, 1.807) is 4.57 Å². The molecule has 0 amide bonds. The van der Waals surface area contributed by atoms with Gasteiger partial charge in [-0.25, -0.2) is 9.97 Å². The highest BCUT2D eigenvalue weighted by Gasteiger charge is 2.29. The van der Waals surface area contributed by atoms with Crippen molar-refractivity contribution in [3.8, 4) is 0 Å². The predicted molar refractivity (Wildman–Crippen MR) is 79.8 cm³/mol. The van der Waals surface area contributed by atoms with Gasteiger partial charge in [-0.1, -0.05) is 17.7 Å².